The first-order chi connectivity index (χ1) is 10.2. The summed E-state index contributed by atoms with van der Waals surface area (Å²) in [6, 6.07) is 0. The molecule has 0 fully saturated rings. The van der Waals surface area contributed by atoms with Crippen LogP contribution in [-0.4, -0.2) is 34.2 Å². The number of hydrogen-bond donors (Lipinski definition) is 1. The third-order valence-corrected chi connectivity index (χ3v) is 3.49. The molecule has 1 N–H and O–H groups in total. The average Bonchev–Trinajstić information content (AvgIpc) is 3.06. The van der Waals surface area contributed by atoms with Gasteiger partial charge in [0.1, 0.15) is 0 Å². The Hall–Kier alpha value is -1.96. The van der Waals surface area contributed by atoms with E-state index in [1.54, 1.807) is 13.8 Å². The van der Waals surface area contributed by atoms with E-state index in [0.717, 1.165) is 10.8 Å². The molecule has 2 aromatic rings. The van der Waals surface area contributed by atoms with Gasteiger partial charge >= 0.3 is 5.97 Å². The molecule has 0 aliphatic rings. The molecular weight excluding hydrogens is 292 g/mol. The molecule has 0 saturated carbocycles. The van der Waals surface area contributed by atoms with Crippen LogP contribution in [0.15, 0.2) is 9.90 Å². The van der Waals surface area contributed by atoms with Crippen LogP contribution in [0, 0.1) is 6.92 Å². The molecule has 114 valence electrons. The zero-order valence-corrected chi connectivity index (χ0v) is 12.9. The number of aromatic nitrogens is 3. The molecule has 0 aliphatic heterocycles. The fourth-order valence-corrected chi connectivity index (χ4v) is 2.46. The van der Waals surface area contributed by atoms with Crippen molar-refractivity contribution in [1.29, 1.82) is 0 Å². The Bertz CT molecular complexity index is 581. The largest absolute Gasteiger partial charge is 0.466 e. The van der Waals surface area contributed by atoms with Crippen LogP contribution in [0.4, 0.5) is 5.13 Å². The van der Waals surface area contributed by atoms with Gasteiger partial charge in [0, 0.05) is 31.7 Å². The minimum atomic E-state index is -0.188. The molecular formula is C13H18N4O3S. The van der Waals surface area contributed by atoms with Gasteiger partial charge in [-0.25, -0.2) is 4.98 Å². The lowest BCUT2D eigenvalue weighted by Gasteiger charge is -2.00. The maximum atomic E-state index is 11.3. The molecule has 0 aromatic carbocycles. The Kier molecular flexibility index (Phi) is 5.68. The molecule has 0 spiro atoms. The zero-order valence-electron chi connectivity index (χ0n) is 12.1. The van der Waals surface area contributed by atoms with Crippen LogP contribution in [-0.2, 0) is 22.4 Å². The van der Waals surface area contributed by atoms with Gasteiger partial charge in [-0.1, -0.05) is 5.16 Å². The van der Waals surface area contributed by atoms with Crippen molar-refractivity contribution in [2.75, 3.05) is 18.5 Å². The monoisotopic (exact) mass is 310 g/mol. The van der Waals surface area contributed by atoms with E-state index in [2.05, 4.69) is 20.4 Å². The van der Waals surface area contributed by atoms with E-state index >= 15 is 0 Å². The first-order valence-corrected chi connectivity index (χ1v) is 7.68. The van der Waals surface area contributed by atoms with E-state index in [-0.39, 0.29) is 5.97 Å². The normalized spacial score (nSPS) is 10.6. The lowest BCUT2D eigenvalue weighted by Crippen LogP contribution is -2.07. The van der Waals surface area contributed by atoms with E-state index < -0.39 is 0 Å². The van der Waals surface area contributed by atoms with Gasteiger partial charge in [-0.2, -0.15) is 4.98 Å². The van der Waals surface area contributed by atoms with Crippen molar-refractivity contribution in [1.82, 2.24) is 15.1 Å². The summed E-state index contributed by atoms with van der Waals surface area (Å²) in [5.41, 5.74) is 0.894. The molecule has 0 bridgehead atoms. The SMILES string of the molecule is CCOC(=O)CCc1csc(NCCc2noc(C)n2)n1. The van der Waals surface area contributed by atoms with Crippen LogP contribution < -0.4 is 5.32 Å². The predicted molar refractivity (Wildman–Crippen MR) is 78.3 cm³/mol. The first-order valence-electron chi connectivity index (χ1n) is 6.80. The van der Waals surface area contributed by atoms with Gasteiger partial charge in [-0.05, 0) is 6.92 Å². The summed E-state index contributed by atoms with van der Waals surface area (Å²) >= 11 is 1.52. The number of esters is 1. The number of aryl methyl sites for hydroxylation is 2. The van der Waals surface area contributed by atoms with Crippen molar-refractivity contribution in [2.45, 2.75) is 33.1 Å². The maximum Gasteiger partial charge on any atom is 0.306 e. The lowest BCUT2D eigenvalue weighted by molar-refractivity contribution is -0.143. The van der Waals surface area contributed by atoms with E-state index in [0.29, 0.717) is 44.1 Å². The number of carbonyl (C=O) groups is 1. The molecule has 2 heterocycles. The molecule has 7 nitrogen and oxygen atoms in total. The van der Waals surface area contributed by atoms with Crippen molar-refractivity contribution in [3.05, 3.63) is 22.8 Å². The first kappa shape index (κ1) is 15.4. The van der Waals surface area contributed by atoms with Gasteiger partial charge in [-0.3, -0.25) is 4.79 Å². The van der Waals surface area contributed by atoms with E-state index in [4.69, 9.17) is 9.26 Å². The van der Waals surface area contributed by atoms with Crippen molar-refractivity contribution < 1.29 is 14.1 Å². The Balaban J connectivity index is 1.71. The van der Waals surface area contributed by atoms with Crippen molar-refractivity contribution >= 4 is 22.4 Å². The number of ether oxygens (including phenoxy) is 1. The number of nitrogens with one attached hydrogen (secondary N) is 1. The van der Waals surface area contributed by atoms with Gasteiger partial charge in [0.2, 0.25) is 5.89 Å². The summed E-state index contributed by atoms with van der Waals surface area (Å²) in [5.74, 6) is 1.06. The number of hydrogen-bond acceptors (Lipinski definition) is 8. The Morgan fingerprint density at radius 2 is 2.29 bits per heavy atom. The second-order valence-corrected chi connectivity index (χ2v) is 5.21. The molecule has 8 heteroatoms. The number of rotatable bonds is 8. The van der Waals surface area contributed by atoms with Crippen molar-refractivity contribution in [3.63, 3.8) is 0 Å². The zero-order chi connectivity index (χ0) is 15.1. The molecule has 21 heavy (non-hydrogen) atoms. The highest BCUT2D eigenvalue weighted by Gasteiger charge is 2.07. The number of thiazole rings is 1. The van der Waals surface area contributed by atoms with Crippen LogP contribution in [0.5, 0.6) is 0 Å². The topological polar surface area (TPSA) is 90.1 Å². The number of anilines is 1. The molecule has 0 atom stereocenters. The van der Waals surface area contributed by atoms with E-state index in [1.807, 2.05) is 5.38 Å². The molecule has 0 radical (unpaired) electrons. The highest BCUT2D eigenvalue weighted by Crippen LogP contribution is 2.16. The third-order valence-electron chi connectivity index (χ3n) is 2.64. The highest BCUT2D eigenvalue weighted by molar-refractivity contribution is 7.13. The summed E-state index contributed by atoms with van der Waals surface area (Å²) in [5, 5.41) is 9.80. The minimum Gasteiger partial charge on any atom is -0.466 e. The third kappa shape index (κ3) is 5.14. The maximum absolute atomic E-state index is 11.3. The fourth-order valence-electron chi connectivity index (χ4n) is 1.69. The van der Waals surface area contributed by atoms with Crippen molar-refractivity contribution in [2.24, 2.45) is 0 Å². The van der Waals surface area contributed by atoms with Gasteiger partial charge in [0.25, 0.3) is 0 Å². The molecule has 0 amide bonds. The van der Waals surface area contributed by atoms with Crippen LogP contribution in [0.3, 0.4) is 0 Å². The smallest absolute Gasteiger partial charge is 0.306 e. The van der Waals surface area contributed by atoms with Gasteiger partial charge in [0.05, 0.1) is 18.7 Å². The standard InChI is InChI=1S/C13H18N4O3S/c1-3-19-12(18)5-4-10-8-21-13(16-10)14-7-6-11-15-9(2)20-17-11/h8H,3-7H2,1-2H3,(H,14,16). The quantitative estimate of drug-likeness (QED) is 0.745. The predicted octanol–water partition coefficient (Wildman–Crippen LogP) is 1.98. The highest BCUT2D eigenvalue weighted by atomic mass is 32.1. The Morgan fingerprint density at radius 3 is 3.00 bits per heavy atom. The summed E-state index contributed by atoms with van der Waals surface area (Å²) in [6.07, 6.45) is 1.63. The summed E-state index contributed by atoms with van der Waals surface area (Å²) < 4.78 is 9.78. The fraction of sp³-hybridized carbons (Fsp3) is 0.538. The van der Waals surface area contributed by atoms with Crippen LogP contribution in [0.25, 0.3) is 0 Å². The van der Waals surface area contributed by atoms with Gasteiger partial charge < -0.3 is 14.6 Å². The number of carbonyl (C=O) groups excluding carboxylic acids is 1. The Morgan fingerprint density at radius 1 is 1.43 bits per heavy atom. The molecule has 0 unspecified atom stereocenters. The average molecular weight is 310 g/mol. The van der Waals surface area contributed by atoms with Gasteiger partial charge in [0.15, 0.2) is 11.0 Å². The molecule has 0 aliphatic carbocycles. The molecule has 2 rings (SSSR count). The van der Waals surface area contributed by atoms with Crippen LogP contribution in [0.2, 0.25) is 0 Å². The Labute approximate surface area is 126 Å². The van der Waals surface area contributed by atoms with E-state index in [1.165, 1.54) is 11.3 Å². The van der Waals surface area contributed by atoms with Crippen molar-refractivity contribution in [3.8, 4) is 0 Å². The summed E-state index contributed by atoms with van der Waals surface area (Å²) in [6.45, 7) is 4.66. The molecule has 0 saturated heterocycles. The lowest BCUT2D eigenvalue weighted by atomic mass is 10.2. The summed E-state index contributed by atoms with van der Waals surface area (Å²) in [7, 11) is 0. The second-order valence-electron chi connectivity index (χ2n) is 4.36. The number of nitrogens with zero attached hydrogens (tertiary/aromatic N) is 3. The minimum absolute atomic E-state index is 0.188. The summed E-state index contributed by atoms with van der Waals surface area (Å²) in [4.78, 5) is 19.8. The molecule has 2 aromatic heterocycles. The van der Waals surface area contributed by atoms with E-state index in [9.17, 15) is 4.79 Å². The van der Waals surface area contributed by atoms with Gasteiger partial charge in [-0.15, -0.1) is 11.3 Å². The van der Waals surface area contributed by atoms with Crippen LogP contribution in [0.1, 0.15) is 30.8 Å². The van der Waals surface area contributed by atoms with Crippen LogP contribution >= 0.6 is 11.3 Å². The second kappa shape index (κ2) is 7.72.